The van der Waals surface area contributed by atoms with Gasteiger partial charge >= 0.3 is 0 Å². The molecule has 0 amide bonds. The smallest absolute Gasteiger partial charge is 0.123 e. The maximum absolute atomic E-state index is 13.1. The Kier molecular flexibility index (Phi) is 2.81. The Morgan fingerprint density at radius 1 is 0.952 bits per heavy atom. The van der Waals surface area contributed by atoms with Gasteiger partial charge in [0.25, 0.3) is 0 Å². The van der Waals surface area contributed by atoms with Gasteiger partial charge in [0.05, 0.1) is 11.4 Å². The number of hydrogen-bond acceptors (Lipinski definition) is 2. The van der Waals surface area contributed by atoms with Crippen molar-refractivity contribution in [3.05, 3.63) is 60.4 Å². The van der Waals surface area contributed by atoms with Crippen LogP contribution in [0.4, 0.5) is 4.39 Å². The van der Waals surface area contributed by atoms with Gasteiger partial charge in [0.15, 0.2) is 0 Å². The van der Waals surface area contributed by atoms with Gasteiger partial charge in [-0.25, -0.2) is 9.37 Å². The van der Waals surface area contributed by atoms with Crippen LogP contribution in [0.1, 0.15) is 24.6 Å². The van der Waals surface area contributed by atoms with E-state index in [0.29, 0.717) is 5.92 Å². The molecule has 1 saturated carbocycles. The monoisotopic (exact) mass is 279 g/mol. The first-order chi connectivity index (χ1) is 10.3. The molecule has 1 aliphatic rings. The molecular formula is C17H14FN3. The minimum absolute atomic E-state index is 0.234. The maximum atomic E-state index is 13.1. The fourth-order valence-corrected chi connectivity index (χ4v) is 2.49. The molecule has 4 rings (SSSR count). The lowest BCUT2D eigenvalue weighted by molar-refractivity contribution is 0.628. The molecule has 2 heterocycles. The second-order valence-electron chi connectivity index (χ2n) is 5.36. The Balaban J connectivity index is 1.86. The highest BCUT2D eigenvalue weighted by atomic mass is 19.1. The first-order valence-electron chi connectivity index (χ1n) is 7.07. The lowest BCUT2D eigenvalue weighted by Gasteiger charge is -2.02. The third kappa shape index (κ3) is 2.33. The van der Waals surface area contributed by atoms with Crippen molar-refractivity contribution in [3.8, 4) is 22.5 Å². The first kappa shape index (κ1) is 12.3. The molecule has 0 unspecified atom stereocenters. The first-order valence-corrected chi connectivity index (χ1v) is 7.07. The van der Waals surface area contributed by atoms with Gasteiger partial charge in [-0.2, -0.15) is 0 Å². The number of halogens is 1. The number of nitrogens with one attached hydrogen (secondary N) is 1. The summed E-state index contributed by atoms with van der Waals surface area (Å²) >= 11 is 0. The maximum Gasteiger partial charge on any atom is 0.123 e. The van der Waals surface area contributed by atoms with Crippen LogP contribution in [0.15, 0.2) is 48.8 Å². The van der Waals surface area contributed by atoms with Gasteiger partial charge in [0.1, 0.15) is 11.6 Å². The van der Waals surface area contributed by atoms with E-state index < -0.39 is 0 Å². The van der Waals surface area contributed by atoms with Gasteiger partial charge in [-0.1, -0.05) is 0 Å². The van der Waals surface area contributed by atoms with Crippen molar-refractivity contribution < 1.29 is 4.39 Å². The van der Waals surface area contributed by atoms with Crippen LogP contribution in [0, 0.1) is 5.82 Å². The van der Waals surface area contributed by atoms with E-state index in [4.69, 9.17) is 4.98 Å². The van der Waals surface area contributed by atoms with Crippen LogP contribution in [0.3, 0.4) is 0 Å². The molecule has 0 saturated heterocycles. The molecular weight excluding hydrogens is 265 g/mol. The van der Waals surface area contributed by atoms with Gasteiger partial charge in [-0.15, -0.1) is 0 Å². The average Bonchev–Trinajstić information content (AvgIpc) is 3.28. The van der Waals surface area contributed by atoms with E-state index in [1.54, 1.807) is 24.5 Å². The molecule has 1 fully saturated rings. The molecule has 0 radical (unpaired) electrons. The summed E-state index contributed by atoms with van der Waals surface area (Å²) in [5.41, 5.74) is 3.82. The highest BCUT2D eigenvalue weighted by molar-refractivity contribution is 5.78. The van der Waals surface area contributed by atoms with Crippen molar-refractivity contribution >= 4 is 0 Å². The summed E-state index contributed by atoms with van der Waals surface area (Å²) < 4.78 is 13.1. The molecule has 0 spiro atoms. The predicted octanol–water partition coefficient (Wildman–Crippen LogP) is 4.16. The third-order valence-corrected chi connectivity index (χ3v) is 3.77. The topological polar surface area (TPSA) is 41.6 Å². The van der Waals surface area contributed by atoms with Crippen molar-refractivity contribution in [3.63, 3.8) is 0 Å². The number of imidazole rings is 1. The lowest BCUT2D eigenvalue weighted by atomic mass is 10.1. The third-order valence-electron chi connectivity index (χ3n) is 3.77. The van der Waals surface area contributed by atoms with Gasteiger partial charge in [-0.05, 0) is 49.2 Å². The number of aromatic amines is 1. The van der Waals surface area contributed by atoms with E-state index in [0.717, 1.165) is 28.3 Å². The summed E-state index contributed by atoms with van der Waals surface area (Å²) in [6, 6.07) is 10.4. The predicted molar refractivity (Wildman–Crippen MR) is 79.2 cm³/mol. The van der Waals surface area contributed by atoms with E-state index in [2.05, 4.69) is 9.97 Å². The van der Waals surface area contributed by atoms with Crippen molar-refractivity contribution in [2.45, 2.75) is 18.8 Å². The standard InChI is InChI=1S/C17H14FN3/c18-14-5-3-11(4-6-14)15-16(12-7-9-19-10-8-12)21-17(20-15)13-1-2-13/h3-10,13H,1-2H2,(H,20,21). The van der Waals surface area contributed by atoms with Gasteiger partial charge in [-0.3, -0.25) is 4.98 Å². The Labute approximate surface area is 121 Å². The average molecular weight is 279 g/mol. The molecule has 1 aromatic carbocycles. The van der Waals surface area contributed by atoms with Crippen molar-refractivity contribution in [1.82, 2.24) is 15.0 Å². The molecule has 3 aromatic rings. The second kappa shape index (κ2) is 4.81. The van der Waals surface area contributed by atoms with E-state index in [1.807, 2.05) is 12.1 Å². The van der Waals surface area contributed by atoms with Gasteiger partial charge in [0, 0.05) is 29.4 Å². The Morgan fingerprint density at radius 3 is 2.33 bits per heavy atom. The molecule has 21 heavy (non-hydrogen) atoms. The lowest BCUT2D eigenvalue weighted by Crippen LogP contribution is -1.84. The highest BCUT2D eigenvalue weighted by Gasteiger charge is 2.28. The SMILES string of the molecule is Fc1ccc(-c2nc(C3CC3)[nH]c2-c2ccncc2)cc1. The Bertz CT molecular complexity index is 758. The summed E-state index contributed by atoms with van der Waals surface area (Å²) in [6.07, 6.45) is 5.90. The fraction of sp³-hybridized carbons (Fsp3) is 0.176. The van der Waals surface area contributed by atoms with E-state index in [-0.39, 0.29) is 5.82 Å². The zero-order valence-electron chi connectivity index (χ0n) is 11.4. The highest BCUT2D eigenvalue weighted by Crippen LogP contribution is 2.41. The number of pyridine rings is 1. The zero-order chi connectivity index (χ0) is 14.2. The number of rotatable bonds is 3. The summed E-state index contributed by atoms with van der Waals surface area (Å²) in [5, 5.41) is 0. The molecule has 0 bridgehead atoms. The minimum atomic E-state index is -0.234. The molecule has 1 aliphatic carbocycles. The van der Waals surface area contributed by atoms with E-state index in [1.165, 1.54) is 25.0 Å². The fourth-order valence-electron chi connectivity index (χ4n) is 2.49. The molecule has 4 heteroatoms. The van der Waals surface area contributed by atoms with Crippen LogP contribution < -0.4 is 0 Å². The Hall–Kier alpha value is -2.49. The van der Waals surface area contributed by atoms with Crippen LogP contribution >= 0.6 is 0 Å². The number of benzene rings is 1. The Morgan fingerprint density at radius 2 is 1.67 bits per heavy atom. The number of hydrogen-bond donors (Lipinski definition) is 1. The molecule has 0 atom stereocenters. The number of aromatic nitrogens is 3. The van der Waals surface area contributed by atoms with Crippen LogP contribution in [0.2, 0.25) is 0 Å². The molecule has 104 valence electrons. The van der Waals surface area contributed by atoms with E-state index in [9.17, 15) is 4.39 Å². The van der Waals surface area contributed by atoms with Crippen LogP contribution in [0.5, 0.6) is 0 Å². The zero-order valence-corrected chi connectivity index (χ0v) is 11.4. The summed E-state index contributed by atoms with van der Waals surface area (Å²) in [7, 11) is 0. The van der Waals surface area contributed by atoms with Crippen molar-refractivity contribution in [2.24, 2.45) is 0 Å². The summed E-state index contributed by atoms with van der Waals surface area (Å²) in [6.45, 7) is 0. The molecule has 3 nitrogen and oxygen atoms in total. The summed E-state index contributed by atoms with van der Waals surface area (Å²) in [5.74, 6) is 1.34. The molecule has 0 aliphatic heterocycles. The van der Waals surface area contributed by atoms with Crippen molar-refractivity contribution in [2.75, 3.05) is 0 Å². The van der Waals surface area contributed by atoms with Crippen LogP contribution in [-0.2, 0) is 0 Å². The molecule has 1 N–H and O–H groups in total. The van der Waals surface area contributed by atoms with Gasteiger partial charge in [0.2, 0.25) is 0 Å². The normalized spacial score (nSPS) is 14.3. The van der Waals surface area contributed by atoms with Crippen molar-refractivity contribution in [1.29, 1.82) is 0 Å². The second-order valence-corrected chi connectivity index (χ2v) is 5.36. The van der Waals surface area contributed by atoms with Crippen LogP contribution in [-0.4, -0.2) is 15.0 Å². The van der Waals surface area contributed by atoms with E-state index >= 15 is 0 Å². The number of H-pyrrole nitrogens is 1. The van der Waals surface area contributed by atoms with Crippen LogP contribution in [0.25, 0.3) is 22.5 Å². The van der Waals surface area contributed by atoms with Gasteiger partial charge < -0.3 is 4.98 Å². The summed E-state index contributed by atoms with van der Waals surface area (Å²) in [4.78, 5) is 12.2. The quantitative estimate of drug-likeness (QED) is 0.782. The largest absolute Gasteiger partial charge is 0.341 e. The number of nitrogens with zero attached hydrogens (tertiary/aromatic N) is 2. The molecule has 2 aromatic heterocycles. The minimum Gasteiger partial charge on any atom is -0.341 e.